The average molecular weight is 342 g/mol. The molecule has 0 saturated carbocycles. The van der Waals surface area contributed by atoms with Gasteiger partial charge < -0.3 is 10.1 Å². The van der Waals surface area contributed by atoms with Gasteiger partial charge in [-0.3, -0.25) is 9.52 Å². The first-order valence-corrected chi connectivity index (χ1v) is 9.05. The Kier molecular flexibility index (Phi) is 6.56. The van der Waals surface area contributed by atoms with E-state index in [1.165, 1.54) is 19.1 Å². The second-order valence-corrected chi connectivity index (χ2v) is 7.35. The lowest BCUT2D eigenvalue weighted by Crippen LogP contribution is -2.37. The summed E-state index contributed by atoms with van der Waals surface area (Å²) in [6.07, 6.45) is 0.00410. The fourth-order valence-electron chi connectivity index (χ4n) is 1.68. The number of esters is 1. The maximum atomic E-state index is 12.2. The monoisotopic (exact) mass is 342 g/mol. The zero-order valence-electron chi connectivity index (χ0n) is 13.6. The molecule has 128 valence electrons. The van der Waals surface area contributed by atoms with Crippen molar-refractivity contribution in [2.45, 2.75) is 26.9 Å². The van der Waals surface area contributed by atoms with Crippen molar-refractivity contribution in [1.82, 2.24) is 5.32 Å². The molecule has 23 heavy (non-hydrogen) atoms. The van der Waals surface area contributed by atoms with Crippen LogP contribution in [0.15, 0.2) is 24.3 Å². The van der Waals surface area contributed by atoms with Crippen LogP contribution in [0.25, 0.3) is 0 Å². The fraction of sp³-hybridized carbons (Fsp3) is 0.467. The number of benzene rings is 1. The van der Waals surface area contributed by atoms with Crippen LogP contribution in [0.4, 0.5) is 5.69 Å². The van der Waals surface area contributed by atoms with E-state index in [1.54, 1.807) is 12.1 Å². The number of nitrogens with one attached hydrogen (secondary N) is 2. The summed E-state index contributed by atoms with van der Waals surface area (Å²) in [5.41, 5.74) is 0.149. The number of amides is 1. The predicted molar refractivity (Wildman–Crippen MR) is 87.6 cm³/mol. The molecule has 1 amide bonds. The standard InChI is InChI=1S/C15H22N2O5S/c1-10(2)9-16-14(18)11(3)22-15(19)12-7-5-6-8-13(12)17-23(4,20)21/h5-8,10-11,17H,9H2,1-4H3,(H,16,18). The first-order valence-electron chi connectivity index (χ1n) is 7.15. The highest BCUT2D eigenvalue weighted by Gasteiger charge is 2.21. The van der Waals surface area contributed by atoms with Gasteiger partial charge in [0.25, 0.3) is 5.91 Å². The molecule has 8 heteroatoms. The molecule has 1 unspecified atom stereocenters. The van der Waals surface area contributed by atoms with E-state index in [0.717, 1.165) is 6.26 Å². The minimum Gasteiger partial charge on any atom is -0.449 e. The first-order chi connectivity index (χ1) is 10.6. The summed E-state index contributed by atoms with van der Waals surface area (Å²) >= 11 is 0. The topological polar surface area (TPSA) is 102 Å². The van der Waals surface area contributed by atoms with Crippen LogP contribution < -0.4 is 10.0 Å². The van der Waals surface area contributed by atoms with Crippen molar-refractivity contribution in [3.63, 3.8) is 0 Å². The predicted octanol–water partition coefficient (Wildman–Crippen LogP) is 1.38. The summed E-state index contributed by atoms with van der Waals surface area (Å²) < 4.78 is 30.0. The van der Waals surface area contributed by atoms with Crippen molar-refractivity contribution in [3.8, 4) is 0 Å². The summed E-state index contributed by atoms with van der Waals surface area (Å²) in [5, 5.41) is 2.66. The van der Waals surface area contributed by atoms with E-state index in [4.69, 9.17) is 4.74 Å². The smallest absolute Gasteiger partial charge is 0.341 e. The summed E-state index contributed by atoms with van der Waals surface area (Å²) in [6, 6.07) is 6.03. The number of para-hydroxylation sites is 1. The molecule has 0 heterocycles. The average Bonchev–Trinajstić information content (AvgIpc) is 2.43. The molecule has 0 radical (unpaired) electrons. The Morgan fingerprint density at radius 3 is 2.35 bits per heavy atom. The number of anilines is 1. The summed E-state index contributed by atoms with van der Waals surface area (Å²) in [5.74, 6) is -0.897. The molecule has 0 aromatic heterocycles. The third kappa shape index (κ3) is 6.68. The summed E-state index contributed by atoms with van der Waals surface area (Å²) in [7, 11) is -3.53. The molecule has 0 fully saturated rings. The van der Waals surface area contributed by atoms with E-state index in [-0.39, 0.29) is 17.2 Å². The molecule has 0 saturated heterocycles. The number of rotatable bonds is 7. The highest BCUT2D eigenvalue weighted by atomic mass is 32.2. The summed E-state index contributed by atoms with van der Waals surface area (Å²) in [6.45, 7) is 5.83. The van der Waals surface area contributed by atoms with Crippen LogP contribution in [0, 0.1) is 5.92 Å². The molecule has 0 aliphatic rings. The first kappa shape index (κ1) is 19.0. The zero-order valence-corrected chi connectivity index (χ0v) is 14.4. The van der Waals surface area contributed by atoms with E-state index >= 15 is 0 Å². The molecule has 0 bridgehead atoms. The van der Waals surface area contributed by atoms with E-state index in [2.05, 4.69) is 10.0 Å². The van der Waals surface area contributed by atoms with E-state index < -0.39 is 28.0 Å². The van der Waals surface area contributed by atoms with Crippen LogP contribution in [0.2, 0.25) is 0 Å². The minimum absolute atomic E-state index is 0.0430. The Hall–Kier alpha value is -2.09. The Balaban J connectivity index is 2.80. The zero-order chi connectivity index (χ0) is 17.6. The Labute approximate surface area is 136 Å². The quantitative estimate of drug-likeness (QED) is 0.729. The molecule has 1 aromatic carbocycles. The van der Waals surface area contributed by atoms with Crippen LogP contribution in [0.5, 0.6) is 0 Å². The van der Waals surface area contributed by atoms with Gasteiger partial charge >= 0.3 is 5.97 Å². The number of sulfonamides is 1. The van der Waals surface area contributed by atoms with Crippen molar-refractivity contribution < 1.29 is 22.7 Å². The molecule has 1 atom stereocenters. The largest absolute Gasteiger partial charge is 0.449 e. The second-order valence-electron chi connectivity index (χ2n) is 5.61. The lowest BCUT2D eigenvalue weighted by Gasteiger charge is -2.16. The number of carbonyl (C=O) groups is 2. The lowest BCUT2D eigenvalue weighted by molar-refractivity contribution is -0.129. The molecule has 1 rings (SSSR count). The molecule has 0 aliphatic carbocycles. The maximum absolute atomic E-state index is 12.2. The normalized spacial score (nSPS) is 12.6. The minimum atomic E-state index is -3.53. The molecule has 7 nitrogen and oxygen atoms in total. The van der Waals surface area contributed by atoms with Gasteiger partial charge in [0.15, 0.2) is 6.10 Å². The van der Waals surface area contributed by atoms with Gasteiger partial charge in [0, 0.05) is 6.54 Å². The Morgan fingerprint density at radius 1 is 1.17 bits per heavy atom. The lowest BCUT2D eigenvalue weighted by atomic mass is 10.2. The van der Waals surface area contributed by atoms with Gasteiger partial charge in [-0.2, -0.15) is 0 Å². The van der Waals surface area contributed by atoms with Crippen molar-refractivity contribution in [2.75, 3.05) is 17.5 Å². The van der Waals surface area contributed by atoms with Crippen LogP contribution in [-0.2, 0) is 19.6 Å². The number of hydrogen-bond donors (Lipinski definition) is 2. The van der Waals surface area contributed by atoms with Crippen molar-refractivity contribution >= 4 is 27.6 Å². The molecular weight excluding hydrogens is 320 g/mol. The Bertz CT molecular complexity index is 670. The molecule has 0 spiro atoms. The van der Waals surface area contributed by atoms with Gasteiger partial charge in [0.2, 0.25) is 10.0 Å². The van der Waals surface area contributed by atoms with Gasteiger partial charge in [-0.1, -0.05) is 26.0 Å². The second kappa shape index (κ2) is 7.96. The maximum Gasteiger partial charge on any atom is 0.341 e. The van der Waals surface area contributed by atoms with Crippen LogP contribution in [0.3, 0.4) is 0 Å². The van der Waals surface area contributed by atoms with Crippen LogP contribution >= 0.6 is 0 Å². The van der Waals surface area contributed by atoms with Gasteiger partial charge in [0.05, 0.1) is 17.5 Å². The van der Waals surface area contributed by atoms with Crippen LogP contribution in [0.1, 0.15) is 31.1 Å². The molecule has 0 aliphatic heterocycles. The van der Waals surface area contributed by atoms with E-state index in [0.29, 0.717) is 6.54 Å². The van der Waals surface area contributed by atoms with Gasteiger partial charge in [0.1, 0.15) is 0 Å². The number of hydrogen-bond acceptors (Lipinski definition) is 5. The SMILES string of the molecule is CC(C)CNC(=O)C(C)OC(=O)c1ccccc1NS(C)(=O)=O. The van der Waals surface area contributed by atoms with E-state index in [9.17, 15) is 18.0 Å². The third-order valence-corrected chi connectivity index (χ3v) is 3.37. The molecular formula is C15H22N2O5S. The highest BCUT2D eigenvalue weighted by molar-refractivity contribution is 7.92. The van der Waals surface area contributed by atoms with Crippen LogP contribution in [-0.4, -0.2) is 39.2 Å². The third-order valence-electron chi connectivity index (χ3n) is 2.78. The van der Waals surface area contributed by atoms with Gasteiger partial charge in [-0.05, 0) is 25.0 Å². The number of ether oxygens (including phenoxy) is 1. The molecule has 1 aromatic rings. The Morgan fingerprint density at radius 2 is 1.78 bits per heavy atom. The highest BCUT2D eigenvalue weighted by Crippen LogP contribution is 2.18. The fourth-order valence-corrected chi connectivity index (χ4v) is 2.25. The van der Waals surface area contributed by atoms with Crippen molar-refractivity contribution in [1.29, 1.82) is 0 Å². The van der Waals surface area contributed by atoms with Gasteiger partial charge in [-0.15, -0.1) is 0 Å². The summed E-state index contributed by atoms with van der Waals surface area (Å²) in [4.78, 5) is 24.0. The van der Waals surface area contributed by atoms with E-state index in [1.807, 2.05) is 13.8 Å². The van der Waals surface area contributed by atoms with Crippen molar-refractivity contribution in [2.24, 2.45) is 5.92 Å². The van der Waals surface area contributed by atoms with Gasteiger partial charge in [-0.25, -0.2) is 13.2 Å². The van der Waals surface area contributed by atoms with Crippen molar-refractivity contribution in [3.05, 3.63) is 29.8 Å². The number of carbonyl (C=O) groups excluding carboxylic acids is 2. The molecule has 2 N–H and O–H groups in total.